The molecule has 1 saturated heterocycles. The van der Waals surface area contributed by atoms with E-state index >= 15 is 0 Å². The van der Waals surface area contributed by atoms with E-state index in [9.17, 15) is 31.1 Å². The third-order valence-electron chi connectivity index (χ3n) is 5.39. The van der Waals surface area contributed by atoms with Gasteiger partial charge in [-0.25, -0.2) is 0 Å². The number of hydrogen-bond acceptors (Lipinski definition) is 4. The zero-order chi connectivity index (χ0) is 24.4. The molecule has 1 aliphatic heterocycles. The molecule has 0 radical (unpaired) electrons. The molecule has 0 spiro atoms. The third-order valence-corrected chi connectivity index (χ3v) is 5.39. The van der Waals surface area contributed by atoms with E-state index in [4.69, 9.17) is 9.47 Å². The predicted molar refractivity (Wildman–Crippen MR) is 107 cm³/mol. The van der Waals surface area contributed by atoms with Crippen LogP contribution in [0, 0.1) is 0 Å². The molecule has 1 aliphatic rings. The maximum atomic E-state index is 13.2. The van der Waals surface area contributed by atoms with Gasteiger partial charge in [-0.05, 0) is 30.7 Å². The Kier molecular flexibility index (Phi) is 7.11. The van der Waals surface area contributed by atoms with Crippen LogP contribution in [-0.2, 0) is 18.8 Å². The maximum Gasteiger partial charge on any atom is 0.416 e. The van der Waals surface area contributed by atoms with Crippen LogP contribution in [0.4, 0.5) is 26.3 Å². The first-order valence-electron chi connectivity index (χ1n) is 9.96. The van der Waals surface area contributed by atoms with E-state index in [1.807, 2.05) is 0 Å². The van der Waals surface area contributed by atoms with Crippen molar-refractivity contribution in [3.8, 4) is 11.5 Å². The highest BCUT2D eigenvalue weighted by atomic mass is 19.4. The summed E-state index contributed by atoms with van der Waals surface area (Å²) in [5.74, 6) is 0.000652. The monoisotopic (exact) mass is 476 g/mol. The van der Waals surface area contributed by atoms with Crippen molar-refractivity contribution in [3.05, 3.63) is 58.7 Å². The van der Waals surface area contributed by atoms with Crippen molar-refractivity contribution in [2.75, 3.05) is 33.9 Å². The number of carbonyl (C=O) groups excluding carboxylic acids is 1. The van der Waals surface area contributed by atoms with Crippen LogP contribution in [0.2, 0.25) is 0 Å². The van der Waals surface area contributed by atoms with Crippen LogP contribution >= 0.6 is 0 Å². The maximum absolute atomic E-state index is 13.2. The summed E-state index contributed by atoms with van der Waals surface area (Å²) in [6.07, 6.45) is -9.82. The minimum absolute atomic E-state index is 0.00708. The number of carbonyl (C=O) groups is 1. The number of halogens is 6. The first-order valence-corrected chi connectivity index (χ1v) is 9.96. The summed E-state index contributed by atoms with van der Waals surface area (Å²) in [5, 5.41) is 3.10. The number of amides is 1. The standard InChI is InChI=1S/C22H22F6N2O3/c1-32-18-5-3-4-13(19(18)33-2)10-17-12-29-6-7-30(17)20(31)14-8-15(21(23,24)25)11-16(9-14)22(26,27)28/h3-5,8-9,11,17,29H,6-7,10,12H2,1-2H3. The van der Waals surface area contributed by atoms with Crippen LogP contribution in [0.25, 0.3) is 0 Å². The Hall–Kier alpha value is -2.95. The minimum atomic E-state index is -5.03. The average Bonchev–Trinajstić information content (AvgIpc) is 2.77. The number of para-hydroxylation sites is 1. The SMILES string of the molecule is COc1cccc(CC2CNCCN2C(=O)c2cc(C(F)(F)F)cc(C(F)(F)F)c2)c1OC. The Morgan fingerprint density at radius 3 is 2.21 bits per heavy atom. The van der Waals surface area contributed by atoms with E-state index in [0.717, 1.165) is 0 Å². The Balaban J connectivity index is 1.97. The fourth-order valence-electron chi connectivity index (χ4n) is 3.82. The Labute approximate surface area is 186 Å². The fraction of sp³-hybridized carbons (Fsp3) is 0.409. The molecule has 180 valence electrons. The lowest BCUT2D eigenvalue weighted by atomic mass is 9.99. The topological polar surface area (TPSA) is 50.8 Å². The second kappa shape index (κ2) is 9.50. The number of nitrogens with one attached hydrogen (secondary N) is 1. The molecule has 0 bridgehead atoms. The molecule has 0 aliphatic carbocycles. The molecular formula is C22H22F6N2O3. The molecule has 1 amide bonds. The van der Waals surface area contributed by atoms with Crippen LogP contribution in [-0.4, -0.2) is 50.7 Å². The molecule has 2 aromatic carbocycles. The summed E-state index contributed by atoms with van der Waals surface area (Å²) >= 11 is 0. The average molecular weight is 476 g/mol. The zero-order valence-corrected chi connectivity index (χ0v) is 17.8. The molecule has 1 unspecified atom stereocenters. The van der Waals surface area contributed by atoms with Gasteiger partial charge in [-0.1, -0.05) is 12.1 Å². The van der Waals surface area contributed by atoms with Crippen LogP contribution < -0.4 is 14.8 Å². The molecule has 1 heterocycles. The second-order valence-electron chi connectivity index (χ2n) is 7.51. The summed E-state index contributed by atoms with van der Waals surface area (Å²) in [7, 11) is 2.91. The number of piperazine rings is 1. The van der Waals surface area contributed by atoms with Crippen molar-refractivity contribution in [3.63, 3.8) is 0 Å². The highest BCUT2D eigenvalue weighted by Gasteiger charge is 2.38. The number of hydrogen-bond donors (Lipinski definition) is 1. The van der Waals surface area contributed by atoms with Gasteiger partial charge in [0.05, 0.1) is 25.3 Å². The summed E-state index contributed by atoms with van der Waals surface area (Å²) in [6.45, 7) is 0.771. The van der Waals surface area contributed by atoms with E-state index < -0.39 is 41.0 Å². The van der Waals surface area contributed by atoms with Gasteiger partial charge < -0.3 is 19.7 Å². The van der Waals surface area contributed by atoms with Crippen molar-refractivity contribution in [2.45, 2.75) is 24.8 Å². The lowest BCUT2D eigenvalue weighted by molar-refractivity contribution is -0.143. The zero-order valence-electron chi connectivity index (χ0n) is 17.8. The van der Waals surface area contributed by atoms with Gasteiger partial charge >= 0.3 is 12.4 Å². The number of ether oxygens (including phenoxy) is 2. The van der Waals surface area contributed by atoms with Crippen LogP contribution in [0.15, 0.2) is 36.4 Å². The number of methoxy groups -OCH3 is 2. The Bertz CT molecular complexity index is 974. The van der Waals surface area contributed by atoms with Crippen LogP contribution in [0.5, 0.6) is 11.5 Å². The van der Waals surface area contributed by atoms with Crippen molar-refractivity contribution in [1.29, 1.82) is 0 Å². The number of benzene rings is 2. The summed E-state index contributed by atoms with van der Waals surface area (Å²) < 4.78 is 90.1. The minimum Gasteiger partial charge on any atom is -0.493 e. The van der Waals surface area contributed by atoms with E-state index in [-0.39, 0.29) is 19.0 Å². The summed E-state index contributed by atoms with van der Waals surface area (Å²) in [5.41, 5.74) is -3.03. The molecule has 0 aromatic heterocycles. The van der Waals surface area contributed by atoms with Gasteiger partial charge in [0.1, 0.15) is 0 Å². The van der Waals surface area contributed by atoms with Gasteiger partial charge in [-0.15, -0.1) is 0 Å². The lowest BCUT2D eigenvalue weighted by Gasteiger charge is -2.37. The van der Waals surface area contributed by atoms with Gasteiger partial charge in [-0.2, -0.15) is 26.3 Å². The number of alkyl halides is 6. The van der Waals surface area contributed by atoms with Gasteiger partial charge in [0.25, 0.3) is 5.91 Å². The molecule has 0 saturated carbocycles. The van der Waals surface area contributed by atoms with Crippen molar-refractivity contribution in [2.24, 2.45) is 0 Å². The largest absolute Gasteiger partial charge is 0.493 e. The lowest BCUT2D eigenvalue weighted by Crippen LogP contribution is -2.54. The smallest absolute Gasteiger partial charge is 0.416 e. The molecule has 33 heavy (non-hydrogen) atoms. The van der Waals surface area contributed by atoms with E-state index in [1.165, 1.54) is 19.1 Å². The fourth-order valence-corrected chi connectivity index (χ4v) is 3.82. The molecule has 1 fully saturated rings. The molecule has 3 rings (SSSR count). The highest BCUT2D eigenvalue weighted by molar-refractivity contribution is 5.95. The van der Waals surface area contributed by atoms with Crippen molar-refractivity contribution in [1.82, 2.24) is 10.2 Å². The molecule has 2 aromatic rings. The van der Waals surface area contributed by atoms with Crippen LogP contribution in [0.1, 0.15) is 27.0 Å². The molecule has 5 nitrogen and oxygen atoms in total. The summed E-state index contributed by atoms with van der Waals surface area (Å²) in [4.78, 5) is 14.4. The highest BCUT2D eigenvalue weighted by Crippen LogP contribution is 2.37. The number of nitrogens with zero attached hydrogens (tertiary/aromatic N) is 1. The van der Waals surface area contributed by atoms with Crippen molar-refractivity contribution < 1.29 is 40.6 Å². The Morgan fingerprint density at radius 1 is 1.03 bits per heavy atom. The second-order valence-corrected chi connectivity index (χ2v) is 7.51. The molecule has 1 N–H and O–H groups in total. The van der Waals surface area contributed by atoms with Gasteiger partial charge in [-0.3, -0.25) is 4.79 Å². The predicted octanol–water partition coefficient (Wildman–Crippen LogP) is 4.40. The first-order chi connectivity index (χ1) is 15.5. The van der Waals surface area contributed by atoms with Crippen LogP contribution in [0.3, 0.4) is 0 Å². The van der Waals surface area contributed by atoms with Crippen molar-refractivity contribution >= 4 is 5.91 Å². The third kappa shape index (κ3) is 5.52. The molecular weight excluding hydrogens is 454 g/mol. The number of rotatable bonds is 5. The van der Waals surface area contributed by atoms with E-state index in [2.05, 4.69) is 5.32 Å². The first kappa shape index (κ1) is 24.7. The molecule has 1 atom stereocenters. The van der Waals surface area contributed by atoms with E-state index in [1.54, 1.807) is 18.2 Å². The van der Waals surface area contributed by atoms with E-state index in [0.29, 0.717) is 42.3 Å². The normalized spacial score (nSPS) is 17.1. The van der Waals surface area contributed by atoms with Gasteiger partial charge in [0, 0.05) is 36.8 Å². The quantitative estimate of drug-likeness (QED) is 0.651. The van der Waals surface area contributed by atoms with Gasteiger partial charge in [0.2, 0.25) is 0 Å². The molecule has 11 heteroatoms. The van der Waals surface area contributed by atoms with Gasteiger partial charge in [0.15, 0.2) is 11.5 Å². The summed E-state index contributed by atoms with van der Waals surface area (Å²) in [6, 6.07) is 5.56. The Morgan fingerprint density at radius 2 is 1.67 bits per heavy atom.